The Bertz CT molecular complexity index is 1390. The van der Waals surface area contributed by atoms with Gasteiger partial charge in [-0.15, -0.1) is 0 Å². The fourth-order valence-corrected chi connectivity index (χ4v) is 4.07. The highest BCUT2D eigenvalue weighted by atomic mass is 79.9. The van der Waals surface area contributed by atoms with Crippen LogP contribution in [0.1, 0.15) is 40.9 Å². The van der Waals surface area contributed by atoms with E-state index in [1.54, 1.807) is 44.2 Å². The Balaban J connectivity index is 1.68. The van der Waals surface area contributed by atoms with Crippen molar-refractivity contribution >= 4 is 34.0 Å². The number of amides is 2. The van der Waals surface area contributed by atoms with E-state index < -0.39 is 23.7 Å². The second-order valence-electron chi connectivity index (χ2n) is 8.50. The Morgan fingerprint density at radius 1 is 1.16 bits per heavy atom. The number of hydrogen-bond acceptors (Lipinski definition) is 6. The van der Waals surface area contributed by atoms with Crippen molar-refractivity contribution in [2.75, 3.05) is 7.11 Å². The first-order valence-electron chi connectivity index (χ1n) is 11.6. The van der Waals surface area contributed by atoms with Gasteiger partial charge in [-0.25, -0.2) is 9.82 Å². The molecule has 38 heavy (non-hydrogen) atoms. The lowest BCUT2D eigenvalue weighted by Crippen LogP contribution is -2.48. The van der Waals surface area contributed by atoms with Crippen molar-refractivity contribution in [3.05, 3.63) is 93.2 Å². The highest BCUT2D eigenvalue weighted by Gasteiger charge is 2.25. The Morgan fingerprint density at radius 3 is 2.55 bits per heavy atom. The monoisotopic (exact) mass is 580 g/mol. The van der Waals surface area contributed by atoms with Gasteiger partial charge < -0.3 is 14.8 Å². The molecule has 0 aliphatic carbocycles. The van der Waals surface area contributed by atoms with Crippen molar-refractivity contribution in [2.24, 2.45) is 11.0 Å². The van der Waals surface area contributed by atoms with E-state index >= 15 is 0 Å². The van der Waals surface area contributed by atoms with Crippen molar-refractivity contribution < 1.29 is 23.5 Å². The number of ether oxygens (including phenoxy) is 2. The second-order valence-corrected chi connectivity index (χ2v) is 9.36. The predicted molar refractivity (Wildman–Crippen MR) is 144 cm³/mol. The molecule has 2 N–H and O–H groups in total. The molecule has 1 unspecified atom stereocenters. The molecule has 1 atom stereocenters. The lowest BCUT2D eigenvalue weighted by molar-refractivity contribution is -0.123. The van der Waals surface area contributed by atoms with E-state index in [9.17, 15) is 19.2 Å². The van der Waals surface area contributed by atoms with E-state index in [4.69, 9.17) is 9.47 Å². The molecule has 0 heterocycles. The highest BCUT2D eigenvalue weighted by Crippen LogP contribution is 2.37. The molecular weight excluding hydrogens is 555 g/mol. The van der Waals surface area contributed by atoms with E-state index in [0.29, 0.717) is 27.1 Å². The average Bonchev–Trinajstić information content (AvgIpc) is 2.90. The number of halogens is 2. The molecule has 0 aromatic heterocycles. The first kappa shape index (κ1) is 28.3. The molecule has 0 bridgehead atoms. The topological polar surface area (TPSA) is 113 Å². The SMILES string of the molecule is COc1cc(/C=N/NC(=O)C(NC(=O)c2ccccc2F)C(C)C)cc(Br)c1OCc1ccccc1C#N. The lowest BCUT2D eigenvalue weighted by Gasteiger charge is -2.20. The van der Waals surface area contributed by atoms with Gasteiger partial charge in [0.1, 0.15) is 18.5 Å². The molecule has 196 valence electrons. The van der Waals surface area contributed by atoms with Crippen LogP contribution in [0.5, 0.6) is 11.5 Å². The summed E-state index contributed by atoms with van der Waals surface area (Å²) in [5.41, 5.74) is 4.12. The number of hydrogen-bond donors (Lipinski definition) is 2. The van der Waals surface area contributed by atoms with Gasteiger partial charge in [0, 0.05) is 5.56 Å². The Labute approximate surface area is 228 Å². The molecule has 0 aliphatic rings. The number of hydrazone groups is 1. The van der Waals surface area contributed by atoms with Gasteiger partial charge in [-0.3, -0.25) is 9.59 Å². The third-order valence-electron chi connectivity index (χ3n) is 5.50. The normalized spacial score (nSPS) is 11.6. The molecule has 8 nitrogen and oxygen atoms in total. The number of carbonyl (C=O) groups excluding carboxylic acids is 2. The summed E-state index contributed by atoms with van der Waals surface area (Å²) in [6, 6.07) is 17.3. The summed E-state index contributed by atoms with van der Waals surface area (Å²) in [6.45, 7) is 3.67. The Kier molecular flexibility index (Phi) is 9.96. The third-order valence-corrected chi connectivity index (χ3v) is 6.09. The highest BCUT2D eigenvalue weighted by molar-refractivity contribution is 9.10. The van der Waals surface area contributed by atoms with E-state index in [0.717, 1.165) is 5.56 Å². The van der Waals surface area contributed by atoms with Gasteiger partial charge in [-0.1, -0.05) is 44.2 Å². The number of benzene rings is 3. The summed E-state index contributed by atoms with van der Waals surface area (Å²) < 4.78 is 25.9. The van der Waals surface area contributed by atoms with Crippen LogP contribution < -0.4 is 20.2 Å². The van der Waals surface area contributed by atoms with Crippen LogP contribution in [0.3, 0.4) is 0 Å². The number of carbonyl (C=O) groups is 2. The largest absolute Gasteiger partial charge is 0.493 e. The summed E-state index contributed by atoms with van der Waals surface area (Å²) in [7, 11) is 1.49. The summed E-state index contributed by atoms with van der Waals surface area (Å²) in [5.74, 6) is -1.34. The van der Waals surface area contributed by atoms with Gasteiger partial charge in [0.15, 0.2) is 11.5 Å². The van der Waals surface area contributed by atoms with Crippen LogP contribution in [0.4, 0.5) is 4.39 Å². The van der Waals surface area contributed by atoms with Crippen molar-refractivity contribution in [3.8, 4) is 17.6 Å². The summed E-state index contributed by atoms with van der Waals surface area (Å²) in [4.78, 5) is 25.2. The molecule has 0 aliphatic heterocycles. The molecule has 2 amide bonds. The van der Waals surface area contributed by atoms with Crippen LogP contribution in [0.25, 0.3) is 0 Å². The van der Waals surface area contributed by atoms with E-state index in [2.05, 4.69) is 37.8 Å². The summed E-state index contributed by atoms with van der Waals surface area (Å²) in [6.07, 6.45) is 1.41. The molecule has 0 fully saturated rings. The minimum atomic E-state index is -0.937. The zero-order valence-electron chi connectivity index (χ0n) is 21.0. The van der Waals surface area contributed by atoms with Gasteiger partial charge in [0.05, 0.1) is 35.0 Å². The van der Waals surface area contributed by atoms with Gasteiger partial charge >= 0.3 is 0 Å². The van der Waals surface area contributed by atoms with Crippen LogP contribution in [0.15, 0.2) is 70.2 Å². The maximum absolute atomic E-state index is 14.0. The minimum absolute atomic E-state index is 0.148. The van der Waals surface area contributed by atoms with Crippen LogP contribution >= 0.6 is 15.9 Å². The van der Waals surface area contributed by atoms with Crippen molar-refractivity contribution in [2.45, 2.75) is 26.5 Å². The van der Waals surface area contributed by atoms with Gasteiger partial charge in [-0.05, 0) is 57.7 Å². The van der Waals surface area contributed by atoms with E-state index in [1.807, 2.05) is 12.1 Å². The number of nitrogens with zero attached hydrogens (tertiary/aromatic N) is 2. The fourth-order valence-electron chi connectivity index (χ4n) is 3.50. The van der Waals surface area contributed by atoms with Crippen molar-refractivity contribution in [1.29, 1.82) is 5.26 Å². The van der Waals surface area contributed by atoms with E-state index in [1.165, 1.54) is 31.5 Å². The first-order chi connectivity index (χ1) is 18.2. The van der Waals surface area contributed by atoms with Crippen LogP contribution in [-0.4, -0.2) is 31.2 Å². The zero-order chi connectivity index (χ0) is 27.7. The second kappa shape index (κ2) is 13.4. The maximum atomic E-state index is 14.0. The van der Waals surface area contributed by atoms with Gasteiger partial charge in [0.25, 0.3) is 11.8 Å². The van der Waals surface area contributed by atoms with Gasteiger partial charge in [-0.2, -0.15) is 10.4 Å². The zero-order valence-corrected chi connectivity index (χ0v) is 22.6. The number of nitriles is 1. The summed E-state index contributed by atoms with van der Waals surface area (Å²) in [5, 5.41) is 15.8. The van der Waals surface area contributed by atoms with E-state index in [-0.39, 0.29) is 18.1 Å². The molecule has 0 radical (unpaired) electrons. The minimum Gasteiger partial charge on any atom is -0.493 e. The third kappa shape index (κ3) is 7.17. The van der Waals surface area contributed by atoms with Crippen molar-refractivity contribution in [1.82, 2.24) is 10.7 Å². The molecule has 3 rings (SSSR count). The first-order valence-corrected chi connectivity index (χ1v) is 12.4. The van der Waals surface area contributed by atoms with Crippen LogP contribution in [0.2, 0.25) is 0 Å². The van der Waals surface area contributed by atoms with Gasteiger partial charge in [0.2, 0.25) is 0 Å². The smallest absolute Gasteiger partial charge is 0.262 e. The lowest BCUT2D eigenvalue weighted by atomic mass is 10.0. The standard InChI is InChI=1S/C28H26BrFN4O4/c1-17(2)25(33-27(35)21-10-6-7-11-23(21)30)28(36)34-32-15-18-12-22(29)26(24(13-18)37-3)38-16-20-9-5-4-8-19(20)14-31/h4-13,15,17,25H,16H2,1-3H3,(H,33,35)(H,34,36)/b32-15+. The van der Waals surface area contributed by atoms with Crippen LogP contribution in [0, 0.1) is 23.1 Å². The molecule has 3 aromatic rings. The quantitative estimate of drug-likeness (QED) is 0.260. The molecule has 10 heteroatoms. The molecule has 3 aromatic carbocycles. The maximum Gasteiger partial charge on any atom is 0.262 e. The Hall–Kier alpha value is -4.23. The van der Waals surface area contributed by atoms with Crippen LogP contribution in [-0.2, 0) is 11.4 Å². The number of nitrogens with one attached hydrogen (secondary N) is 2. The molecule has 0 saturated heterocycles. The average molecular weight is 581 g/mol. The predicted octanol–water partition coefficient (Wildman–Crippen LogP) is 4.95. The summed E-state index contributed by atoms with van der Waals surface area (Å²) >= 11 is 3.47. The molecule has 0 spiro atoms. The molecular formula is C28H26BrFN4O4. The number of rotatable bonds is 10. The fraction of sp³-hybridized carbons (Fsp3) is 0.214. The Morgan fingerprint density at radius 2 is 1.87 bits per heavy atom. The van der Waals surface area contributed by atoms with Crippen molar-refractivity contribution in [3.63, 3.8) is 0 Å². The number of methoxy groups -OCH3 is 1. The molecule has 0 saturated carbocycles.